The molecule has 146 valence electrons. The smallest absolute Gasteiger partial charge is 0.360 e. The van der Waals surface area contributed by atoms with Gasteiger partial charge in [-0.2, -0.15) is 0 Å². The number of hydrogen-bond acceptors (Lipinski definition) is 4. The number of fused-ring (bicyclic) bond motifs is 3. The third kappa shape index (κ3) is 3.21. The van der Waals surface area contributed by atoms with Crippen LogP contribution in [0.5, 0.6) is 0 Å². The highest BCUT2D eigenvalue weighted by Gasteiger charge is 2.54. The third-order valence-corrected chi connectivity index (χ3v) is 5.18. The van der Waals surface area contributed by atoms with Gasteiger partial charge in [0.15, 0.2) is 0 Å². The molecule has 1 aliphatic rings. The lowest BCUT2D eigenvalue weighted by atomic mass is 9.91. The number of unbranched alkanes of at least 4 members (excludes halogenated alkanes) is 1. The molecular formula is C25H22O4. The van der Waals surface area contributed by atoms with E-state index in [9.17, 15) is 9.59 Å². The fraction of sp³-hybridized carbons (Fsp3) is 0.200. The van der Waals surface area contributed by atoms with Gasteiger partial charge >= 0.3 is 11.9 Å². The van der Waals surface area contributed by atoms with Crippen LogP contribution < -0.4 is 0 Å². The summed E-state index contributed by atoms with van der Waals surface area (Å²) >= 11 is 0. The van der Waals surface area contributed by atoms with Crippen LogP contribution in [0.1, 0.15) is 41.3 Å². The Balaban J connectivity index is 1.85. The molecule has 0 radical (unpaired) electrons. The van der Waals surface area contributed by atoms with Crippen LogP contribution in [0.25, 0.3) is 11.1 Å². The highest BCUT2D eigenvalue weighted by atomic mass is 16.6. The van der Waals surface area contributed by atoms with Crippen LogP contribution in [0.15, 0.2) is 78.9 Å². The van der Waals surface area contributed by atoms with Gasteiger partial charge in [0.25, 0.3) is 5.60 Å². The van der Waals surface area contributed by atoms with Crippen LogP contribution in [-0.4, -0.2) is 18.5 Å². The molecule has 0 heterocycles. The van der Waals surface area contributed by atoms with Crippen molar-refractivity contribution in [3.05, 3.63) is 95.6 Å². The van der Waals surface area contributed by atoms with Crippen molar-refractivity contribution in [3.8, 4) is 11.1 Å². The maximum atomic E-state index is 13.4. The average Bonchev–Trinajstić information content (AvgIpc) is 3.06. The van der Waals surface area contributed by atoms with Crippen molar-refractivity contribution in [1.29, 1.82) is 0 Å². The van der Waals surface area contributed by atoms with Crippen molar-refractivity contribution < 1.29 is 19.1 Å². The zero-order valence-electron chi connectivity index (χ0n) is 16.3. The Morgan fingerprint density at radius 3 is 1.93 bits per heavy atom. The zero-order valence-corrected chi connectivity index (χ0v) is 16.3. The Hall–Kier alpha value is -3.40. The summed E-state index contributed by atoms with van der Waals surface area (Å²) in [5, 5.41) is 0. The van der Waals surface area contributed by atoms with E-state index in [1.165, 1.54) is 0 Å². The summed E-state index contributed by atoms with van der Waals surface area (Å²) < 4.78 is 11.6. The molecule has 0 fully saturated rings. The van der Waals surface area contributed by atoms with Crippen molar-refractivity contribution >= 4 is 11.9 Å². The largest absolute Gasteiger partial charge is 0.462 e. The Morgan fingerprint density at radius 2 is 1.34 bits per heavy atom. The number of hydrogen-bond donors (Lipinski definition) is 0. The number of esters is 2. The number of rotatable bonds is 6. The van der Waals surface area contributed by atoms with Crippen LogP contribution in [-0.2, 0) is 19.9 Å². The van der Waals surface area contributed by atoms with E-state index < -0.39 is 17.5 Å². The molecule has 0 aliphatic heterocycles. The van der Waals surface area contributed by atoms with E-state index in [0.29, 0.717) is 16.7 Å². The molecule has 4 nitrogen and oxygen atoms in total. The van der Waals surface area contributed by atoms with Gasteiger partial charge in [0.05, 0.1) is 12.2 Å². The molecule has 0 atom stereocenters. The molecule has 0 amide bonds. The summed E-state index contributed by atoms with van der Waals surface area (Å²) in [7, 11) is 0. The Labute approximate surface area is 170 Å². The molecule has 3 aromatic rings. The van der Waals surface area contributed by atoms with E-state index in [1.807, 2.05) is 61.5 Å². The predicted molar refractivity (Wildman–Crippen MR) is 110 cm³/mol. The SMILES string of the molecule is CCCCOC(=O)C1(OC(=O)c2ccccc2)c2ccccc2-c2ccccc21. The predicted octanol–water partition coefficient (Wildman–Crippen LogP) is 5.11. The minimum atomic E-state index is -1.62. The molecule has 0 saturated heterocycles. The summed E-state index contributed by atoms with van der Waals surface area (Å²) in [5.74, 6) is -1.13. The Kier molecular flexibility index (Phi) is 5.17. The number of ether oxygens (including phenoxy) is 2. The van der Waals surface area contributed by atoms with Crippen LogP contribution in [0, 0.1) is 0 Å². The second kappa shape index (κ2) is 7.92. The number of carbonyl (C=O) groups is 2. The van der Waals surface area contributed by atoms with Gasteiger partial charge in [-0.1, -0.05) is 80.1 Å². The quantitative estimate of drug-likeness (QED) is 0.436. The molecular weight excluding hydrogens is 364 g/mol. The lowest BCUT2D eigenvalue weighted by Gasteiger charge is -2.29. The highest BCUT2D eigenvalue weighted by Crippen LogP contribution is 2.50. The Bertz CT molecular complexity index is 994. The first-order valence-electron chi connectivity index (χ1n) is 9.83. The third-order valence-electron chi connectivity index (χ3n) is 5.18. The maximum absolute atomic E-state index is 13.4. The van der Waals surface area contributed by atoms with E-state index in [-0.39, 0.29) is 6.61 Å². The van der Waals surface area contributed by atoms with Crippen LogP contribution in [0.4, 0.5) is 0 Å². The van der Waals surface area contributed by atoms with Gasteiger partial charge in [-0.15, -0.1) is 0 Å². The topological polar surface area (TPSA) is 52.6 Å². The second-order valence-corrected chi connectivity index (χ2v) is 7.02. The summed E-state index contributed by atoms with van der Waals surface area (Å²) in [5.41, 5.74) is 1.77. The molecule has 0 saturated carbocycles. The highest BCUT2D eigenvalue weighted by molar-refractivity contribution is 6.00. The van der Waals surface area contributed by atoms with E-state index >= 15 is 0 Å². The molecule has 1 aliphatic carbocycles. The van der Waals surface area contributed by atoms with Gasteiger partial charge < -0.3 is 9.47 Å². The average molecular weight is 386 g/mol. The summed E-state index contributed by atoms with van der Waals surface area (Å²) in [6.45, 7) is 2.31. The van der Waals surface area contributed by atoms with Gasteiger partial charge in [-0.3, -0.25) is 0 Å². The molecule has 29 heavy (non-hydrogen) atoms. The lowest BCUT2D eigenvalue weighted by Crippen LogP contribution is -2.41. The van der Waals surface area contributed by atoms with Gasteiger partial charge in [0.1, 0.15) is 0 Å². The van der Waals surface area contributed by atoms with Crippen LogP contribution in [0.2, 0.25) is 0 Å². The first-order chi connectivity index (χ1) is 14.2. The molecule has 0 unspecified atom stereocenters. The standard InChI is InChI=1S/C25H22O4/c1-2-3-17-28-24(27)25(29-23(26)18-11-5-4-6-12-18)21-15-9-7-13-19(21)20-14-8-10-16-22(20)25/h4-16H,2-3,17H2,1H3. The first-order valence-corrected chi connectivity index (χ1v) is 9.83. The van der Waals surface area contributed by atoms with E-state index in [0.717, 1.165) is 24.0 Å². The minimum absolute atomic E-state index is 0.282. The normalized spacial score (nSPS) is 13.3. The lowest BCUT2D eigenvalue weighted by molar-refractivity contribution is -0.162. The fourth-order valence-electron chi connectivity index (χ4n) is 3.75. The number of carbonyl (C=O) groups excluding carboxylic acids is 2. The summed E-state index contributed by atoms with van der Waals surface area (Å²) in [6, 6.07) is 23.7. The van der Waals surface area contributed by atoms with E-state index in [4.69, 9.17) is 9.47 Å². The molecule has 0 spiro atoms. The molecule has 0 bridgehead atoms. The van der Waals surface area contributed by atoms with Crippen molar-refractivity contribution in [2.45, 2.75) is 25.4 Å². The molecule has 4 heteroatoms. The van der Waals surface area contributed by atoms with Gasteiger partial charge in [0, 0.05) is 11.1 Å². The van der Waals surface area contributed by atoms with Crippen molar-refractivity contribution in [2.75, 3.05) is 6.61 Å². The molecule has 0 N–H and O–H groups in total. The van der Waals surface area contributed by atoms with E-state index in [1.54, 1.807) is 24.3 Å². The van der Waals surface area contributed by atoms with Gasteiger partial charge in [-0.05, 0) is 29.7 Å². The molecule has 0 aromatic heterocycles. The monoisotopic (exact) mass is 386 g/mol. The summed E-state index contributed by atoms with van der Waals surface area (Å²) in [4.78, 5) is 26.5. The summed E-state index contributed by atoms with van der Waals surface area (Å²) in [6.07, 6.45) is 1.65. The maximum Gasteiger partial charge on any atom is 0.360 e. The van der Waals surface area contributed by atoms with Crippen molar-refractivity contribution in [3.63, 3.8) is 0 Å². The van der Waals surface area contributed by atoms with Crippen molar-refractivity contribution in [1.82, 2.24) is 0 Å². The Morgan fingerprint density at radius 1 is 0.793 bits per heavy atom. The van der Waals surface area contributed by atoms with Crippen LogP contribution >= 0.6 is 0 Å². The van der Waals surface area contributed by atoms with Gasteiger partial charge in [-0.25, -0.2) is 9.59 Å². The van der Waals surface area contributed by atoms with Crippen LogP contribution in [0.3, 0.4) is 0 Å². The van der Waals surface area contributed by atoms with Gasteiger partial charge in [0.2, 0.25) is 0 Å². The zero-order chi connectivity index (χ0) is 20.3. The first kappa shape index (κ1) is 18.9. The molecule has 4 rings (SSSR count). The second-order valence-electron chi connectivity index (χ2n) is 7.02. The van der Waals surface area contributed by atoms with Crippen molar-refractivity contribution in [2.24, 2.45) is 0 Å². The van der Waals surface area contributed by atoms with E-state index in [2.05, 4.69) is 0 Å². The molecule has 3 aromatic carbocycles. The fourth-order valence-corrected chi connectivity index (χ4v) is 3.75. The number of benzene rings is 3. The minimum Gasteiger partial charge on any atom is -0.462 e.